The van der Waals surface area contributed by atoms with Crippen molar-refractivity contribution in [2.45, 2.75) is 58.4 Å². The Labute approximate surface area is 230 Å². The highest BCUT2D eigenvalue weighted by Gasteiger charge is 2.36. The third-order valence-electron chi connectivity index (χ3n) is 5.91. The van der Waals surface area contributed by atoms with Gasteiger partial charge in [0, 0.05) is 17.6 Å². The zero-order valence-corrected chi connectivity index (χ0v) is 23.7. The Morgan fingerprint density at radius 1 is 1.03 bits per heavy atom. The molecule has 0 aliphatic rings. The van der Waals surface area contributed by atoms with Gasteiger partial charge in [0.25, 0.3) is 0 Å². The number of nitrogens with zero attached hydrogens (tertiary/aromatic N) is 2. The Balaban J connectivity index is 2.54. The molecule has 0 spiro atoms. The molecule has 0 fully saturated rings. The average molecular weight is 596 g/mol. The van der Waals surface area contributed by atoms with E-state index in [1.165, 1.54) is 4.90 Å². The average Bonchev–Trinajstić information content (AvgIpc) is 2.82. The standard InChI is InChI=1S/C25H30Cl2F3N3O4S/c1-5-16(3)31-24(35)22(6-2)32(14-17-9-7-8-10-20(17)26)23(34)15-33(38(4,36)37)18-11-12-21(27)19(13-18)25(28,29)30/h7-13,16,22H,5-6,14-15H2,1-4H3,(H,31,35)/t16-,22-/m0/s1. The van der Waals surface area contributed by atoms with Crippen LogP contribution in [0.5, 0.6) is 0 Å². The van der Waals surface area contributed by atoms with Gasteiger partial charge in [-0.25, -0.2) is 8.42 Å². The van der Waals surface area contributed by atoms with Crippen LogP contribution >= 0.6 is 23.2 Å². The Morgan fingerprint density at radius 3 is 2.18 bits per heavy atom. The van der Waals surface area contributed by atoms with Crippen molar-refractivity contribution in [3.8, 4) is 0 Å². The summed E-state index contributed by atoms with van der Waals surface area (Å²) >= 11 is 12.0. The molecule has 0 radical (unpaired) electrons. The number of hydrogen-bond donors (Lipinski definition) is 1. The van der Waals surface area contributed by atoms with Gasteiger partial charge in [0.1, 0.15) is 12.6 Å². The van der Waals surface area contributed by atoms with Crippen LogP contribution in [0.4, 0.5) is 18.9 Å². The molecule has 0 saturated heterocycles. The van der Waals surface area contributed by atoms with Crippen LogP contribution in [0.1, 0.15) is 44.7 Å². The van der Waals surface area contributed by atoms with E-state index in [0.29, 0.717) is 27.4 Å². The number of hydrogen-bond acceptors (Lipinski definition) is 4. The van der Waals surface area contributed by atoms with Crippen molar-refractivity contribution < 1.29 is 31.2 Å². The van der Waals surface area contributed by atoms with Gasteiger partial charge in [0.2, 0.25) is 21.8 Å². The highest BCUT2D eigenvalue weighted by Crippen LogP contribution is 2.37. The van der Waals surface area contributed by atoms with Gasteiger partial charge in [-0.15, -0.1) is 0 Å². The Hall–Kier alpha value is -2.50. The molecular weight excluding hydrogens is 566 g/mol. The Bertz CT molecular complexity index is 1260. The maximum Gasteiger partial charge on any atom is 0.417 e. The molecule has 2 aromatic rings. The first-order chi connectivity index (χ1) is 17.6. The molecule has 1 N–H and O–H groups in total. The Kier molecular flexibility index (Phi) is 10.9. The Morgan fingerprint density at radius 2 is 1.66 bits per heavy atom. The van der Waals surface area contributed by atoms with Crippen molar-refractivity contribution in [2.24, 2.45) is 0 Å². The van der Waals surface area contributed by atoms with E-state index in [-0.39, 0.29) is 19.0 Å². The molecule has 0 heterocycles. The van der Waals surface area contributed by atoms with Crippen LogP contribution in [0.25, 0.3) is 0 Å². The first-order valence-corrected chi connectivity index (χ1v) is 14.4. The maximum atomic E-state index is 13.6. The van der Waals surface area contributed by atoms with Gasteiger partial charge >= 0.3 is 6.18 Å². The van der Waals surface area contributed by atoms with Crippen LogP contribution in [-0.2, 0) is 32.3 Å². The number of benzene rings is 2. The highest BCUT2D eigenvalue weighted by atomic mass is 35.5. The number of anilines is 1. The van der Waals surface area contributed by atoms with E-state index in [9.17, 15) is 31.2 Å². The molecule has 38 heavy (non-hydrogen) atoms. The minimum absolute atomic E-state index is 0.128. The lowest BCUT2D eigenvalue weighted by atomic mass is 10.1. The largest absolute Gasteiger partial charge is 0.417 e. The number of carbonyl (C=O) groups is 2. The summed E-state index contributed by atoms with van der Waals surface area (Å²) in [6.45, 7) is 4.39. The molecule has 0 aliphatic carbocycles. The number of halogens is 5. The molecular formula is C25H30Cl2F3N3O4S. The minimum atomic E-state index is -4.85. The quantitative estimate of drug-likeness (QED) is 0.371. The molecule has 0 bridgehead atoms. The van der Waals surface area contributed by atoms with Crippen molar-refractivity contribution in [1.29, 1.82) is 0 Å². The molecule has 0 aromatic heterocycles. The minimum Gasteiger partial charge on any atom is -0.352 e. The molecule has 13 heteroatoms. The SMILES string of the molecule is CC[C@H](C)NC(=O)[C@H](CC)N(Cc1ccccc1Cl)C(=O)CN(c1ccc(Cl)c(C(F)(F)F)c1)S(C)(=O)=O. The predicted molar refractivity (Wildman–Crippen MR) is 143 cm³/mol. The van der Waals surface area contributed by atoms with Gasteiger partial charge in [0.05, 0.1) is 22.5 Å². The van der Waals surface area contributed by atoms with Crippen molar-refractivity contribution in [3.63, 3.8) is 0 Å². The van der Waals surface area contributed by atoms with Gasteiger partial charge in [-0.05, 0) is 49.6 Å². The number of sulfonamides is 1. The molecule has 2 rings (SSSR count). The van der Waals surface area contributed by atoms with E-state index in [1.807, 2.05) is 6.92 Å². The fourth-order valence-corrected chi connectivity index (χ4v) is 4.93. The van der Waals surface area contributed by atoms with Gasteiger partial charge in [-0.1, -0.05) is 55.2 Å². The molecule has 0 saturated carbocycles. The summed E-state index contributed by atoms with van der Waals surface area (Å²) in [5, 5.41) is 2.54. The number of carbonyl (C=O) groups excluding carboxylic acids is 2. The van der Waals surface area contributed by atoms with Crippen LogP contribution in [0.2, 0.25) is 10.0 Å². The normalized spacial score (nSPS) is 13.5. The van der Waals surface area contributed by atoms with E-state index >= 15 is 0 Å². The molecule has 7 nitrogen and oxygen atoms in total. The lowest BCUT2D eigenvalue weighted by molar-refractivity contribution is -0.140. The predicted octanol–water partition coefficient (Wildman–Crippen LogP) is 5.50. The summed E-state index contributed by atoms with van der Waals surface area (Å²) in [5.74, 6) is -1.25. The first kappa shape index (κ1) is 31.7. The van der Waals surface area contributed by atoms with E-state index in [1.54, 1.807) is 38.1 Å². The second-order valence-electron chi connectivity index (χ2n) is 8.79. The maximum absolute atomic E-state index is 13.6. The second kappa shape index (κ2) is 13.0. The fraction of sp³-hybridized carbons (Fsp3) is 0.440. The summed E-state index contributed by atoms with van der Waals surface area (Å²) in [4.78, 5) is 27.9. The van der Waals surface area contributed by atoms with E-state index in [2.05, 4.69) is 5.32 Å². The summed E-state index contributed by atoms with van der Waals surface area (Å²) in [6.07, 6.45) is -3.25. The van der Waals surface area contributed by atoms with E-state index < -0.39 is 56.9 Å². The zero-order chi connectivity index (χ0) is 28.8. The van der Waals surface area contributed by atoms with Crippen LogP contribution in [0.3, 0.4) is 0 Å². The molecule has 0 unspecified atom stereocenters. The van der Waals surface area contributed by atoms with E-state index in [0.717, 1.165) is 18.4 Å². The third-order valence-corrected chi connectivity index (χ3v) is 7.75. The van der Waals surface area contributed by atoms with Crippen LogP contribution in [0.15, 0.2) is 42.5 Å². The fourth-order valence-electron chi connectivity index (χ4n) is 3.67. The monoisotopic (exact) mass is 595 g/mol. The van der Waals surface area contributed by atoms with Crippen molar-refractivity contribution >= 4 is 50.7 Å². The van der Waals surface area contributed by atoms with Crippen LogP contribution < -0.4 is 9.62 Å². The lowest BCUT2D eigenvalue weighted by Gasteiger charge is -2.33. The summed E-state index contributed by atoms with van der Waals surface area (Å²) in [5.41, 5.74) is -1.13. The zero-order valence-electron chi connectivity index (χ0n) is 21.4. The number of nitrogens with one attached hydrogen (secondary N) is 1. The second-order valence-corrected chi connectivity index (χ2v) is 11.5. The van der Waals surface area contributed by atoms with Gasteiger partial charge in [-0.3, -0.25) is 13.9 Å². The summed E-state index contributed by atoms with van der Waals surface area (Å²) in [7, 11) is -4.23. The highest BCUT2D eigenvalue weighted by molar-refractivity contribution is 7.92. The number of alkyl halides is 3. The molecule has 210 valence electrons. The smallest absolute Gasteiger partial charge is 0.352 e. The molecule has 2 atom stereocenters. The van der Waals surface area contributed by atoms with E-state index in [4.69, 9.17) is 23.2 Å². The lowest BCUT2D eigenvalue weighted by Crippen LogP contribution is -2.53. The van der Waals surface area contributed by atoms with Crippen molar-refractivity contribution in [3.05, 3.63) is 63.6 Å². The molecule has 2 aromatic carbocycles. The van der Waals surface area contributed by atoms with Crippen molar-refractivity contribution in [2.75, 3.05) is 17.1 Å². The van der Waals surface area contributed by atoms with Crippen LogP contribution in [0, 0.1) is 0 Å². The van der Waals surface area contributed by atoms with Crippen LogP contribution in [-0.4, -0.2) is 50.0 Å². The van der Waals surface area contributed by atoms with Crippen molar-refractivity contribution in [1.82, 2.24) is 10.2 Å². The van der Waals surface area contributed by atoms with Gasteiger partial charge < -0.3 is 10.2 Å². The number of rotatable bonds is 11. The number of amides is 2. The summed E-state index contributed by atoms with van der Waals surface area (Å²) in [6, 6.07) is 8.03. The first-order valence-electron chi connectivity index (χ1n) is 11.8. The summed E-state index contributed by atoms with van der Waals surface area (Å²) < 4.78 is 66.2. The van der Waals surface area contributed by atoms with Gasteiger partial charge in [-0.2, -0.15) is 13.2 Å². The molecule has 0 aliphatic heterocycles. The molecule has 2 amide bonds. The topological polar surface area (TPSA) is 86.8 Å². The van der Waals surface area contributed by atoms with Gasteiger partial charge in [0.15, 0.2) is 0 Å². The third kappa shape index (κ3) is 8.25.